The normalized spacial score (nSPS) is 22.3. The van der Waals surface area contributed by atoms with Gasteiger partial charge in [-0.2, -0.15) is 0 Å². The number of benzene rings is 2. The van der Waals surface area contributed by atoms with Gasteiger partial charge in [0.25, 0.3) is 0 Å². The Morgan fingerprint density at radius 1 is 0.859 bits per heavy atom. The molecule has 19 heteroatoms. The first-order valence-corrected chi connectivity index (χ1v) is 25.4. The Hall–Kier alpha value is -6.76. The molecule has 4 aromatic heterocycles. The summed E-state index contributed by atoms with van der Waals surface area (Å²) in [4.78, 5) is 78.4. The van der Waals surface area contributed by atoms with E-state index in [4.69, 9.17) is 29.2 Å². The van der Waals surface area contributed by atoms with E-state index in [-0.39, 0.29) is 29.8 Å². The molecule has 4 N–H and O–H groups in total. The monoisotopic (exact) mass is 986 g/mol. The molecule has 7 heterocycles. The van der Waals surface area contributed by atoms with Crippen LogP contribution in [-0.4, -0.2) is 108 Å². The fourth-order valence-electron chi connectivity index (χ4n) is 11.2. The molecule has 4 amide bonds. The van der Waals surface area contributed by atoms with Gasteiger partial charge in [0.05, 0.1) is 71.2 Å². The standard InChI is InChI=1S/C52H59FN10O7S/c1-25(2)42(59-50(66)68-6)47(64)61-15-9-12-35(61)44-54-23-33(58-44)29-16-26(3)41-37-19-30-17-28(13-14-34(30)63(37)49(70-39(41)21-29)40-24-56-46(71-40)27-10-8-11-27)32-22-55-45(57-32)38-20-31-18-36(31)62(38)48(65)43(52(4,5)53)60-51(67)69-7/h13-14,16-17,19,21-25,27,31,35-36,38,42-43,49H,8-12,15,18,20H2,1-7H3,(H,54,58)(H,55,57)(H,59,66)(H,60,67)/t31-,35+,36-,38+,42+,43?,49?/m1/s1. The zero-order chi connectivity index (χ0) is 49.6. The topological polar surface area (TPSA) is 202 Å². The van der Waals surface area contributed by atoms with Crippen LogP contribution in [0.3, 0.4) is 0 Å². The number of piperidine rings is 1. The molecule has 3 aliphatic heterocycles. The number of nitrogens with one attached hydrogen (secondary N) is 4. The Bertz CT molecular complexity index is 3070. The van der Waals surface area contributed by atoms with Crippen molar-refractivity contribution in [3.63, 3.8) is 0 Å². The molecule has 0 radical (unpaired) electrons. The number of aromatic nitrogens is 6. The molecule has 2 unspecified atom stereocenters. The van der Waals surface area contributed by atoms with Crippen molar-refractivity contribution in [3.8, 4) is 39.5 Å². The van der Waals surface area contributed by atoms with Crippen molar-refractivity contribution >= 4 is 46.2 Å². The number of H-pyrrole nitrogens is 2. The summed E-state index contributed by atoms with van der Waals surface area (Å²) in [6.07, 6.45) is 10.1. The van der Waals surface area contributed by atoms with E-state index >= 15 is 4.39 Å². The maximum atomic E-state index is 15.5. The van der Waals surface area contributed by atoms with Crippen LogP contribution in [0.5, 0.6) is 5.75 Å². The zero-order valence-electron chi connectivity index (χ0n) is 40.9. The lowest BCUT2D eigenvalue weighted by molar-refractivity contribution is -0.139. The molecule has 7 atom stereocenters. The molecule has 0 bridgehead atoms. The number of alkyl halides is 1. The number of nitrogens with zero attached hydrogens (tertiary/aromatic N) is 6. The highest BCUT2D eigenvalue weighted by Crippen LogP contribution is 2.54. The fraction of sp³-hybridized carbons (Fsp3) is 0.481. The minimum absolute atomic E-state index is 0.0470. The summed E-state index contributed by atoms with van der Waals surface area (Å²) in [6.45, 7) is 9.01. The molecule has 11 rings (SSSR count). The average molecular weight is 987 g/mol. The van der Waals surface area contributed by atoms with Crippen LogP contribution in [0.4, 0.5) is 14.0 Å². The highest BCUT2D eigenvalue weighted by molar-refractivity contribution is 7.11. The zero-order valence-corrected chi connectivity index (χ0v) is 41.7. The van der Waals surface area contributed by atoms with Gasteiger partial charge in [-0.05, 0) is 107 Å². The van der Waals surface area contributed by atoms with Crippen LogP contribution in [-0.2, 0) is 19.1 Å². The predicted octanol–water partition coefficient (Wildman–Crippen LogP) is 9.24. The number of likely N-dealkylation sites (tertiary alicyclic amines) is 2. The smallest absolute Gasteiger partial charge is 0.407 e. The molecule has 2 aliphatic carbocycles. The Morgan fingerprint density at radius 2 is 1.58 bits per heavy atom. The molecule has 0 spiro atoms. The second kappa shape index (κ2) is 17.8. The number of aromatic amines is 2. The first-order valence-electron chi connectivity index (χ1n) is 24.6. The summed E-state index contributed by atoms with van der Waals surface area (Å²) < 4.78 is 34.5. The molecule has 17 nitrogen and oxygen atoms in total. The lowest BCUT2D eigenvalue weighted by atomic mass is 9.86. The van der Waals surface area contributed by atoms with Crippen LogP contribution in [0, 0.1) is 18.8 Å². The van der Waals surface area contributed by atoms with E-state index in [1.54, 1.807) is 22.4 Å². The molecule has 2 saturated carbocycles. The van der Waals surface area contributed by atoms with E-state index < -0.39 is 48.1 Å². The fourth-order valence-corrected chi connectivity index (χ4v) is 12.3. The molecule has 4 fully saturated rings. The van der Waals surface area contributed by atoms with Gasteiger partial charge in [-0.1, -0.05) is 26.3 Å². The Balaban J connectivity index is 0.913. The van der Waals surface area contributed by atoms with Crippen LogP contribution in [0.25, 0.3) is 44.7 Å². The largest absolute Gasteiger partial charge is 0.464 e. The van der Waals surface area contributed by atoms with E-state index in [0.717, 1.165) is 98.0 Å². The van der Waals surface area contributed by atoms with Gasteiger partial charge in [-0.15, -0.1) is 11.3 Å². The third-order valence-electron chi connectivity index (χ3n) is 15.2. The minimum Gasteiger partial charge on any atom is -0.464 e. The van der Waals surface area contributed by atoms with Gasteiger partial charge in [0.1, 0.15) is 35.2 Å². The van der Waals surface area contributed by atoms with Crippen molar-refractivity contribution in [3.05, 3.63) is 82.1 Å². The van der Waals surface area contributed by atoms with Crippen molar-refractivity contribution in [2.45, 2.75) is 128 Å². The van der Waals surface area contributed by atoms with Gasteiger partial charge in [-0.3, -0.25) is 14.2 Å². The number of methoxy groups -OCH3 is 2. The number of hydrogen-bond acceptors (Lipinski definition) is 11. The molecular formula is C52H59FN10O7S. The van der Waals surface area contributed by atoms with Gasteiger partial charge in [-0.25, -0.2) is 28.9 Å². The van der Waals surface area contributed by atoms with Crippen LogP contribution < -0.4 is 15.4 Å². The number of halogens is 1. The third kappa shape index (κ3) is 8.28. The summed E-state index contributed by atoms with van der Waals surface area (Å²) in [6, 6.07) is 9.83. The number of thiazole rings is 1. The van der Waals surface area contributed by atoms with Crippen molar-refractivity contribution < 1.29 is 37.8 Å². The second-order valence-electron chi connectivity index (χ2n) is 20.6. The average Bonchev–Trinajstić information content (AvgIpc) is 4.09. The summed E-state index contributed by atoms with van der Waals surface area (Å²) in [7, 11) is 2.48. The molecule has 5 aliphatic rings. The predicted molar refractivity (Wildman–Crippen MR) is 263 cm³/mol. The number of carbonyl (C=O) groups is 4. The number of alkyl carbamates (subject to hydrolysis) is 2. The number of ether oxygens (including phenoxy) is 3. The van der Waals surface area contributed by atoms with Crippen molar-refractivity contribution in [1.29, 1.82) is 0 Å². The lowest BCUT2D eigenvalue weighted by Gasteiger charge is -2.34. The van der Waals surface area contributed by atoms with Crippen LogP contribution in [0.1, 0.15) is 124 Å². The highest BCUT2D eigenvalue weighted by Gasteiger charge is 2.57. The van der Waals surface area contributed by atoms with Gasteiger partial charge in [0.2, 0.25) is 18.0 Å². The number of imidazole rings is 2. The lowest BCUT2D eigenvalue weighted by Crippen LogP contribution is -2.57. The molecule has 372 valence electrons. The van der Waals surface area contributed by atoms with Gasteiger partial charge < -0.3 is 44.6 Å². The maximum absolute atomic E-state index is 15.5. The number of fused-ring (bicyclic) bond motifs is 6. The first kappa shape index (κ1) is 46.6. The number of hydrogen-bond donors (Lipinski definition) is 4. The summed E-state index contributed by atoms with van der Waals surface area (Å²) in [5.74, 6) is 1.96. The number of carbonyl (C=O) groups excluding carboxylic acids is 4. The third-order valence-corrected chi connectivity index (χ3v) is 16.4. The van der Waals surface area contributed by atoms with Gasteiger partial charge >= 0.3 is 12.2 Å². The van der Waals surface area contributed by atoms with Crippen molar-refractivity contribution in [1.82, 2.24) is 49.9 Å². The quantitative estimate of drug-likeness (QED) is 0.0916. The van der Waals surface area contributed by atoms with E-state index in [0.29, 0.717) is 30.5 Å². The van der Waals surface area contributed by atoms with Gasteiger partial charge in [0.15, 0.2) is 0 Å². The van der Waals surface area contributed by atoms with E-state index in [1.165, 1.54) is 34.5 Å². The minimum atomic E-state index is -2.04. The summed E-state index contributed by atoms with van der Waals surface area (Å²) >= 11 is 1.71. The Morgan fingerprint density at radius 3 is 2.27 bits per heavy atom. The maximum Gasteiger partial charge on any atom is 0.407 e. The van der Waals surface area contributed by atoms with Crippen LogP contribution >= 0.6 is 11.3 Å². The van der Waals surface area contributed by atoms with Crippen LogP contribution in [0.15, 0.2) is 55.0 Å². The number of aryl methyl sites for hydroxylation is 1. The van der Waals surface area contributed by atoms with E-state index in [2.05, 4.69) is 68.5 Å². The van der Waals surface area contributed by atoms with E-state index in [9.17, 15) is 19.2 Å². The summed E-state index contributed by atoms with van der Waals surface area (Å²) in [5.41, 5.74) is 5.31. The highest BCUT2D eigenvalue weighted by atomic mass is 32.1. The van der Waals surface area contributed by atoms with E-state index in [1.807, 2.05) is 31.1 Å². The summed E-state index contributed by atoms with van der Waals surface area (Å²) in [5, 5.41) is 7.29. The molecular weight excluding hydrogens is 928 g/mol. The van der Waals surface area contributed by atoms with Gasteiger partial charge in [0, 0.05) is 46.8 Å². The molecule has 71 heavy (non-hydrogen) atoms. The molecule has 6 aromatic rings. The first-order chi connectivity index (χ1) is 34.1. The second-order valence-corrected chi connectivity index (χ2v) is 21.7. The Kier molecular flexibility index (Phi) is 11.7. The number of rotatable bonds is 12. The van der Waals surface area contributed by atoms with Crippen LogP contribution in [0.2, 0.25) is 0 Å². The number of amides is 4. The van der Waals surface area contributed by atoms with Crippen molar-refractivity contribution in [2.75, 3.05) is 20.8 Å². The molecule has 2 aromatic carbocycles. The SMILES string of the molecule is COC(=O)NC(C(=O)N1[C@@H]2C[C@@H]2C[C@H]1c1ncc(-c2ccc3c(c2)cc2n3C(c3cnc(C4CCC4)s3)Oc3cc(-c4cnc([C@@H]5CCCN5C(=O)[C@@H](NC(=O)OC)C(C)C)[nH]4)cc(C)c3-2)[nH]1)C(C)(C)F. The Labute approximate surface area is 414 Å². The molecule has 2 saturated heterocycles. The van der Waals surface area contributed by atoms with Crippen molar-refractivity contribution in [2.24, 2.45) is 11.8 Å².